The molecule has 0 spiro atoms. The summed E-state index contributed by atoms with van der Waals surface area (Å²) in [4.78, 5) is 16.5. The van der Waals surface area contributed by atoms with Gasteiger partial charge in [0.05, 0.1) is 11.4 Å². The van der Waals surface area contributed by atoms with Gasteiger partial charge in [0.2, 0.25) is 0 Å². The standard InChI is InChI=1S/C26H17F4N5/c27-20-3-1-2-18(10-20)23-11-17-6-9-32-25(21(17)15-34-23)35-14-16-4-5-22(33-13-16)19-7-8-31-24(12-19)26(28,29)30/h1-13,15H,14H2,(H,32,35). The molecule has 0 saturated carbocycles. The summed E-state index contributed by atoms with van der Waals surface area (Å²) in [5, 5.41) is 4.94. The Morgan fingerprint density at radius 3 is 2.31 bits per heavy atom. The lowest BCUT2D eigenvalue weighted by Gasteiger charge is -2.11. The van der Waals surface area contributed by atoms with Crippen LogP contribution in [-0.4, -0.2) is 19.9 Å². The lowest BCUT2D eigenvalue weighted by molar-refractivity contribution is -0.141. The zero-order valence-corrected chi connectivity index (χ0v) is 18.1. The highest BCUT2D eigenvalue weighted by Gasteiger charge is 2.32. The smallest absolute Gasteiger partial charge is 0.365 e. The van der Waals surface area contributed by atoms with E-state index in [1.54, 1.807) is 42.9 Å². The molecule has 1 N–H and O–H groups in total. The molecule has 0 saturated heterocycles. The van der Waals surface area contributed by atoms with Gasteiger partial charge in [0, 0.05) is 47.8 Å². The molecule has 0 aliphatic heterocycles. The number of nitrogens with one attached hydrogen (secondary N) is 1. The Morgan fingerprint density at radius 2 is 1.54 bits per heavy atom. The third kappa shape index (κ3) is 4.93. The van der Waals surface area contributed by atoms with Crippen molar-refractivity contribution in [2.45, 2.75) is 12.7 Å². The number of aromatic nitrogens is 4. The predicted molar refractivity (Wildman–Crippen MR) is 125 cm³/mol. The first-order valence-electron chi connectivity index (χ1n) is 10.6. The molecule has 0 aliphatic rings. The number of hydrogen-bond acceptors (Lipinski definition) is 5. The summed E-state index contributed by atoms with van der Waals surface area (Å²) >= 11 is 0. The van der Waals surface area contributed by atoms with E-state index in [2.05, 4.69) is 25.3 Å². The van der Waals surface area contributed by atoms with E-state index in [1.807, 2.05) is 12.1 Å². The summed E-state index contributed by atoms with van der Waals surface area (Å²) in [5.41, 5.74) is 1.95. The summed E-state index contributed by atoms with van der Waals surface area (Å²) in [6.07, 6.45) is 1.56. The molecule has 4 aromatic heterocycles. The van der Waals surface area contributed by atoms with Gasteiger partial charge in [-0.05, 0) is 53.4 Å². The highest BCUT2D eigenvalue weighted by Crippen LogP contribution is 2.30. The van der Waals surface area contributed by atoms with Crippen LogP contribution >= 0.6 is 0 Å². The van der Waals surface area contributed by atoms with E-state index in [-0.39, 0.29) is 5.82 Å². The molecule has 5 nitrogen and oxygen atoms in total. The molecular formula is C26H17F4N5. The molecule has 5 rings (SSSR count). The normalized spacial score (nSPS) is 11.5. The van der Waals surface area contributed by atoms with E-state index in [1.165, 1.54) is 18.2 Å². The Balaban J connectivity index is 1.33. The second-order valence-corrected chi connectivity index (χ2v) is 7.79. The number of alkyl halides is 3. The molecular weight excluding hydrogens is 458 g/mol. The van der Waals surface area contributed by atoms with Gasteiger partial charge in [-0.2, -0.15) is 13.2 Å². The SMILES string of the molecule is Fc1cccc(-c2cc3ccnc(NCc4ccc(-c5ccnc(C(F)(F)F)c5)nc4)c3cn2)c1. The number of pyridine rings is 4. The van der Waals surface area contributed by atoms with E-state index >= 15 is 0 Å². The van der Waals surface area contributed by atoms with Gasteiger partial charge in [0.15, 0.2) is 0 Å². The van der Waals surface area contributed by atoms with Gasteiger partial charge in [-0.25, -0.2) is 9.37 Å². The van der Waals surface area contributed by atoms with Gasteiger partial charge >= 0.3 is 6.18 Å². The average Bonchev–Trinajstić information content (AvgIpc) is 2.87. The third-order valence-corrected chi connectivity index (χ3v) is 5.40. The van der Waals surface area contributed by atoms with Crippen molar-refractivity contribution in [2.24, 2.45) is 0 Å². The number of benzene rings is 1. The van der Waals surface area contributed by atoms with Crippen molar-refractivity contribution in [3.8, 4) is 22.5 Å². The van der Waals surface area contributed by atoms with Gasteiger partial charge in [-0.15, -0.1) is 0 Å². The van der Waals surface area contributed by atoms with E-state index in [0.29, 0.717) is 34.9 Å². The van der Waals surface area contributed by atoms with Crippen molar-refractivity contribution in [1.29, 1.82) is 0 Å². The summed E-state index contributed by atoms with van der Waals surface area (Å²) in [5.74, 6) is 0.291. The number of fused-ring (bicyclic) bond motifs is 1. The van der Waals surface area contributed by atoms with Gasteiger partial charge in [0.25, 0.3) is 0 Å². The molecule has 0 fully saturated rings. The average molecular weight is 475 g/mol. The van der Waals surface area contributed by atoms with Crippen LogP contribution in [0.2, 0.25) is 0 Å². The van der Waals surface area contributed by atoms with Crippen molar-refractivity contribution in [3.05, 3.63) is 103 Å². The Morgan fingerprint density at radius 1 is 0.743 bits per heavy atom. The number of nitrogens with zero attached hydrogens (tertiary/aromatic N) is 4. The lowest BCUT2D eigenvalue weighted by atomic mass is 10.1. The maximum atomic E-state index is 13.6. The van der Waals surface area contributed by atoms with Crippen LogP contribution in [-0.2, 0) is 12.7 Å². The fourth-order valence-electron chi connectivity index (χ4n) is 3.65. The maximum Gasteiger partial charge on any atom is 0.433 e. The van der Waals surface area contributed by atoms with Crippen LogP contribution in [0.3, 0.4) is 0 Å². The van der Waals surface area contributed by atoms with Crippen molar-refractivity contribution in [3.63, 3.8) is 0 Å². The first-order chi connectivity index (χ1) is 16.9. The zero-order valence-electron chi connectivity index (χ0n) is 18.1. The van der Waals surface area contributed by atoms with Crippen LogP contribution in [0.5, 0.6) is 0 Å². The first kappa shape index (κ1) is 22.4. The molecule has 0 atom stereocenters. The molecule has 0 radical (unpaired) electrons. The topological polar surface area (TPSA) is 63.6 Å². The maximum absolute atomic E-state index is 13.6. The quantitative estimate of drug-likeness (QED) is 0.293. The molecule has 9 heteroatoms. The lowest BCUT2D eigenvalue weighted by Crippen LogP contribution is -2.07. The highest BCUT2D eigenvalue weighted by atomic mass is 19.4. The van der Waals surface area contributed by atoms with Crippen LogP contribution in [0.4, 0.5) is 23.4 Å². The van der Waals surface area contributed by atoms with E-state index in [0.717, 1.165) is 28.6 Å². The Hall–Kier alpha value is -4.40. The molecule has 0 bridgehead atoms. The van der Waals surface area contributed by atoms with Crippen molar-refractivity contribution in [2.75, 3.05) is 5.32 Å². The van der Waals surface area contributed by atoms with Crippen molar-refractivity contribution >= 4 is 16.6 Å². The monoisotopic (exact) mass is 475 g/mol. The fraction of sp³-hybridized carbons (Fsp3) is 0.0769. The molecule has 5 aromatic rings. The molecule has 1 aromatic carbocycles. The largest absolute Gasteiger partial charge is 0.433 e. The molecule has 4 heterocycles. The van der Waals surface area contributed by atoms with Crippen LogP contribution in [0.15, 0.2) is 85.5 Å². The third-order valence-electron chi connectivity index (χ3n) is 5.40. The van der Waals surface area contributed by atoms with E-state index in [4.69, 9.17) is 0 Å². The molecule has 0 aliphatic carbocycles. The minimum Gasteiger partial charge on any atom is -0.365 e. The van der Waals surface area contributed by atoms with E-state index < -0.39 is 11.9 Å². The van der Waals surface area contributed by atoms with Crippen molar-refractivity contribution in [1.82, 2.24) is 19.9 Å². The second kappa shape index (κ2) is 9.09. The summed E-state index contributed by atoms with van der Waals surface area (Å²) in [6.45, 7) is 0.398. The van der Waals surface area contributed by atoms with Crippen LogP contribution in [0.1, 0.15) is 11.3 Å². The fourth-order valence-corrected chi connectivity index (χ4v) is 3.65. The van der Waals surface area contributed by atoms with E-state index in [9.17, 15) is 17.6 Å². The van der Waals surface area contributed by atoms with Crippen LogP contribution in [0.25, 0.3) is 33.3 Å². The van der Waals surface area contributed by atoms with Crippen molar-refractivity contribution < 1.29 is 17.6 Å². The van der Waals surface area contributed by atoms with Gasteiger partial charge in [0.1, 0.15) is 17.3 Å². The second-order valence-electron chi connectivity index (χ2n) is 7.79. The zero-order chi connectivity index (χ0) is 24.4. The van der Waals surface area contributed by atoms with Gasteiger partial charge < -0.3 is 5.32 Å². The summed E-state index contributed by atoms with van der Waals surface area (Å²) in [6, 6.07) is 15.9. The number of rotatable bonds is 5. The van der Waals surface area contributed by atoms with Gasteiger partial charge in [-0.1, -0.05) is 18.2 Å². The summed E-state index contributed by atoms with van der Waals surface area (Å²) < 4.78 is 52.4. The predicted octanol–water partition coefficient (Wildman–Crippen LogP) is 6.52. The molecule has 0 amide bonds. The van der Waals surface area contributed by atoms with Crippen LogP contribution in [0, 0.1) is 5.82 Å². The molecule has 35 heavy (non-hydrogen) atoms. The minimum atomic E-state index is -4.52. The Kier molecular flexibility index (Phi) is 5.82. The molecule has 0 unspecified atom stereocenters. The number of hydrogen-bond donors (Lipinski definition) is 1. The van der Waals surface area contributed by atoms with Crippen LogP contribution < -0.4 is 5.32 Å². The Bertz CT molecular complexity index is 1500. The van der Waals surface area contributed by atoms with Gasteiger partial charge in [-0.3, -0.25) is 15.0 Å². The minimum absolute atomic E-state index is 0.328. The first-order valence-corrected chi connectivity index (χ1v) is 10.6. The molecule has 174 valence electrons. The summed E-state index contributed by atoms with van der Waals surface area (Å²) in [7, 11) is 0. The number of halogens is 4. The number of anilines is 1. The highest BCUT2D eigenvalue weighted by molar-refractivity contribution is 5.93. The Labute approximate surface area is 197 Å².